The Labute approximate surface area is 113 Å². The second-order valence-electron chi connectivity index (χ2n) is 3.87. The third-order valence-electron chi connectivity index (χ3n) is 2.63. The molecule has 1 unspecified atom stereocenters. The molecule has 0 bridgehead atoms. The Bertz CT molecular complexity index is 568. The van der Waals surface area contributed by atoms with E-state index in [1.807, 2.05) is 0 Å². The van der Waals surface area contributed by atoms with Crippen LogP contribution in [0.4, 0.5) is 8.78 Å². The normalized spacial score (nSPS) is 12.5. The van der Waals surface area contributed by atoms with Gasteiger partial charge in [0.1, 0.15) is 17.4 Å². The molecule has 5 heteroatoms. The van der Waals surface area contributed by atoms with Crippen molar-refractivity contribution in [3.63, 3.8) is 0 Å². The molecule has 0 spiro atoms. The maximum Gasteiger partial charge on any atom is 0.129 e. The zero-order valence-electron chi connectivity index (χ0n) is 9.84. The van der Waals surface area contributed by atoms with Gasteiger partial charge in [-0.3, -0.25) is 0 Å². The first-order chi connectivity index (χ1) is 8.52. The van der Waals surface area contributed by atoms with Crippen molar-refractivity contribution in [1.29, 1.82) is 0 Å². The molecule has 96 valence electrons. The van der Waals surface area contributed by atoms with Crippen LogP contribution in [0, 0.1) is 18.6 Å². The van der Waals surface area contributed by atoms with E-state index in [9.17, 15) is 8.78 Å². The van der Waals surface area contributed by atoms with Crippen LogP contribution in [0.1, 0.15) is 21.4 Å². The second kappa shape index (κ2) is 5.24. The summed E-state index contributed by atoms with van der Waals surface area (Å²) in [6, 6.07) is 4.03. The summed E-state index contributed by atoms with van der Waals surface area (Å²) in [7, 11) is 1.54. The van der Waals surface area contributed by atoms with Gasteiger partial charge in [0.05, 0.1) is 12.5 Å². The smallest absolute Gasteiger partial charge is 0.129 e. The summed E-state index contributed by atoms with van der Waals surface area (Å²) in [5.41, 5.74) is 0.410. The van der Waals surface area contributed by atoms with Crippen LogP contribution in [0.3, 0.4) is 0 Å². The van der Waals surface area contributed by atoms with E-state index in [0.717, 1.165) is 17.0 Å². The van der Waals surface area contributed by atoms with Crippen LogP contribution in [0.5, 0.6) is 5.75 Å². The van der Waals surface area contributed by atoms with Gasteiger partial charge in [-0.05, 0) is 30.7 Å². The van der Waals surface area contributed by atoms with Gasteiger partial charge in [-0.2, -0.15) is 0 Å². The highest BCUT2D eigenvalue weighted by Gasteiger charge is 2.19. The average Bonchev–Trinajstić information content (AvgIpc) is 2.81. The van der Waals surface area contributed by atoms with Crippen LogP contribution in [-0.4, -0.2) is 7.11 Å². The van der Waals surface area contributed by atoms with Crippen molar-refractivity contribution in [3.05, 3.63) is 51.2 Å². The predicted molar refractivity (Wildman–Crippen MR) is 69.7 cm³/mol. The number of thiophene rings is 1. The molecule has 1 nitrogen and oxygen atoms in total. The molecule has 0 saturated carbocycles. The third kappa shape index (κ3) is 2.49. The molecule has 1 aromatic heterocycles. The molecule has 0 aliphatic carbocycles. The third-order valence-corrected chi connectivity index (χ3v) is 4.21. The number of hydrogen-bond acceptors (Lipinski definition) is 2. The van der Waals surface area contributed by atoms with Crippen molar-refractivity contribution in [2.75, 3.05) is 7.11 Å². The number of alkyl halides is 1. The number of aryl methyl sites for hydroxylation is 1. The molecule has 1 heterocycles. The lowest BCUT2D eigenvalue weighted by molar-refractivity contribution is 0.416. The fourth-order valence-corrected chi connectivity index (χ4v) is 2.82. The lowest BCUT2D eigenvalue weighted by atomic mass is 10.1. The molecule has 0 saturated heterocycles. The van der Waals surface area contributed by atoms with Crippen LogP contribution in [0.15, 0.2) is 23.6 Å². The first-order valence-corrected chi connectivity index (χ1v) is 6.56. The van der Waals surface area contributed by atoms with Crippen LogP contribution >= 0.6 is 22.9 Å². The fraction of sp³-hybridized carbons (Fsp3) is 0.231. The Kier molecular flexibility index (Phi) is 3.88. The number of methoxy groups -OCH3 is 1. The van der Waals surface area contributed by atoms with Crippen LogP contribution in [-0.2, 0) is 0 Å². The van der Waals surface area contributed by atoms with Crippen molar-refractivity contribution in [1.82, 2.24) is 0 Å². The number of halogens is 3. The average molecular weight is 289 g/mol. The Morgan fingerprint density at radius 3 is 2.56 bits per heavy atom. The number of benzene rings is 1. The van der Waals surface area contributed by atoms with Gasteiger partial charge in [0.15, 0.2) is 0 Å². The molecule has 2 aromatic rings. The molecule has 0 N–H and O–H groups in total. The summed E-state index contributed by atoms with van der Waals surface area (Å²) >= 11 is 7.53. The van der Waals surface area contributed by atoms with Gasteiger partial charge in [0, 0.05) is 15.8 Å². The predicted octanol–water partition coefficient (Wildman–Crippen LogP) is 4.67. The molecular formula is C13H11ClF2OS. The van der Waals surface area contributed by atoms with Crippen molar-refractivity contribution in [2.45, 2.75) is 12.3 Å². The first kappa shape index (κ1) is 13.3. The van der Waals surface area contributed by atoms with E-state index in [1.165, 1.54) is 18.3 Å². The lowest BCUT2D eigenvalue weighted by Gasteiger charge is -2.10. The molecule has 0 aliphatic rings. The Balaban J connectivity index is 2.39. The highest BCUT2D eigenvalue weighted by atomic mass is 35.5. The van der Waals surface area contributed by atoms with Gasteiger partial charge in [0.25, 0.3) is 0 Å². The summed E-state index contributed by atoms with van der Waals surface area (Å²) in [4.78, 5) is 0.718. The van der Waals surface area contributed by atoms with Crippen LogP contribution < -0.4 is 4.74 Å². The first-order valence-electron chi connectivity index (χ1n) is 5.25. The van der Waals surface area contributed by atoms with E-state index in [4.69, 9.17) is 16.3 Å². The number of hydrogen-bond donors (Lipinski definition) is 0. The monoisotopic (exact) mass is 288 g/mol. The molecule has 1 atom stereocenters. The van der Waals surface area contributed by atoms with E-state index in [1.54, 1.807) is 18.6 Å². The number of rotatable bonds is 3. The minimum absolute atomic E-state index is 0.143. The van der Waals surface area contributed by atoms with Crippen LogP contribution in [0.2, 0.25) is 0 Å². The molecular weight excluding hydrogens is 278 g/mol. The van der Waals surface area contributed by atoms with Crippen molar-refractivity contribution >= 4 is 22.9 Å². The maximum absolute atomic E-state index is 13.8. The van der Waals surface area contributed by atoms with Crippen LogP contribution in [0.25, 0.3) is 0 Å². The van der Waals surface area contributed by atoms with Crippen molar-refractivity contribution in [2.24, 2.45) is 0 Å². The van der Waals surface area contributed by atoms with Crippen molar-refractivity contribution in [3.8, 4) is 5.75 Å². The standard InChI is InChI=1S/C13H11ClF2OS/c1-7-3-11(16)9(5-10(7)15)13(14)12-4-8(17-2)6-18-12/h3-6,13H,1-2H3. The minimum Gasteiger partial charge on any atom is -0.496 e. The highest BCUT2D eigenvalue weighted by Crippen LogP contribution is 2.37. The fourth-order valence-electron chi connectivity index (χ4n) is 1.58. The van der Waals surface area contributed by atoms with Gasteiger partial charge in [-0.1, -0.05) is 0 Å². The molecule has 2 rings (SSSR count). The quantitative estimate of drug-likeness (QED) is 0.746. The second-order valence-corrected chi connectivity index (χ2v) is 5.25. The largest absolute Gasteiger partial charge is 0.496 e. The van der Waals surface area contributed by atoms with E-state index in [-0.39, 0.29) is 11.1 Å². The molecule has 0 fully saturated rings. The Hall–Kier alpha value is -1.13. The molecule has 0 aliphatic heterocycles. The zero-order valence-corrected chi connectivity index (χ0v) is 11.4. The van der Waals surface area contributed by atoms with Gasteiger partial charge in [0.2, 0.25) is 0 Å². The molecule has 0 radical (unpaired) electrons. The van der Waals surface area contributed by atoms with E-state index >= 15 is 0 Å². The molecule has 0 amide bonds. The van der Waals surface area contributed by atoms with E-state index < -0.39 is 17.0 Å². The zero-order chi connectivity index (χ0) is 13.3. The summed E-state index contributed by atoms with van der Waals surface area (Å²) < 4.78 is 32.3. The van der Waals surface area contributed by atoms with Gasteiger partial charge < -0.3 is 4.74 Å². The van der Waals surface area contributed by atoms with E-state index in [2.05, 4.69) is 0 Å². The minimum atomic E-state index is -0.714. The molecule has 18 heavy (non-hydrogen) atoms. The van der Waals surface area contributed by atoms with Gasteiger partial charge in [-0.15, -0.1) is 22.9 Å². The summed E-state index contributed by atoms with van der Waals surface area (Å²) in [5.74, 6) is -0.296. The summed E-state index contributed by atoms with van der Waals surface area (Å²) in [6.45, 7) is 1.51. The number of ether oxygens (including phenoxy) is 1. The Morgan fingerprint density at radius 1 is 1.22 bits per heavy atom. The van der Waals surface area contributed by atoms with Gasteiger partial charge >= 0.3 is 0 Å². The molecule has 1 aromatic carbocycles. The summed E-state index contributed by atoms with van der Waals surface area (Å²) in [5, 5.41) is 1.06. The van der Waals surface area contributed by atoms with Crippen molar-refractivity contribution < 1.29 is 13.5 Å². The van der Waals surface area contributed by atoms with E-state index in [0.29, 0.717) is 5.75 Å². The van der Waals surface area contributed by atoms with Gasteiger partial charge in [-0.25, -0.2) is 8.78 Å². The lowest BCUT2D eigenvalue weighted by Crippen LogP contribution is -1.98. The topological polar surface area (TPSA) is 9.23 Å². The highest BCUT2D eigenvalue weighted by molar-refractivity contribution is 7.10. The maximum atomic E-state index is 13.8. The SMILES string of the molecule is COc1csc(C(Cl)c2cc(F)c(C)cc2F)c1. The summed E-state index contributed by atoms with van der Waals surface area (Å²) in [6.07, 6.45) is 0. The Morgan fingerprint density at radius 2 is 1.94 bits per heavy atom.